The molecule has 1 atom stereocenters. The van der Waals surface area contributed by atoms with Gasteiger partial charge in [0, 0.05) is 12.1 Å². The van der Waals surface area contributed by atoms with Gasteiger partial charge in [0.05, 0.1) is 4.92 Å². The number of benzene rings is 1. The number of nitrogens with zero attached hydrogens (tertiary/aromatic N) is 1. The molecule has 6 nitrogen and oxygen atoms in total. The zero-order valence-corrected chi connectivity index (χ0v) is 8.62. The lowest BCUT2D eigenvalue weighted by Crippen LogP contribution is -2.25. The van der Waals surface area contributed by atoms with Crippen LogP contribution < -0.4 is 4.74 Å². The van der Waals surface area contributed by atoms with Crippen LogP contribution in [0.2, 0.25) is 0 Å². The van der Waals surface area contributed by atoms with E-state index < -0.39 is 17.0 Å². The van der Waals surface area contributed by atoms with E-state index in [9.17, 15) is 14.9 Å². The van der Waals surface area contributed by atoms with Crippen molar-refractivity contribution in [1.29, 1.82) is 0 Å². The van der Waals surface area contributed by atoms with Crippen LogP contribution in [0.3, 0.4) is 0 Å². The third-order valence-corrected chi connectivity index (χ3v) is 1.97. The van der Waals surface area contributed by atoms with Crippen molar-refractivity contribution in [3.8, 4) is 5.75 Å². The van der Waals surface area contributed by atoms with E-state index >= 15 is 0 Å². The molecule has 0 heterocycles. The van der Waals surface area contributed by atoms with Crippen LogP contribution in [0.15, 0.2) is 24.3 Å². The van der Waals surface area contributed by atoms with Crippen LogP contribution in [0.1, 0.15) is 13.3 Å². The normalized spacial score (nSPS) is 11.8. The molecule has 0 fully saturated rings. The molecule has 0 aliphatic heterocycles. The Balaban J connectivity index is 2.75. The van der Waals surface area contributed by atoms with E-state index in [1.165, 1.54) is 24.3 Å². The minimum atomic E-state index is -1.05. The first-order valence-corrected chi connectivity index (χ1v) is 4.68. The fraction of sp³-hybridized carbons (Fsp3) is 0.300. The summed E-state index contributed by atoms with van der Waals surface area (Å²) in [4.78, 5) is 20.5. The molecule has 0 amide bonds. The van der Waals surface area contributed by atoms with E-state index in [0.717, 1.165) is 0 Å². The van der Waals surface area contributed by atoms with E-state index in [1.54, 1.807) is 6.92 Å². The van der Waals surface area contributed by atoms with Crippen LogP contribution in [0, 0.1) is 10.1 Å². The summed E-state index contributed by atoms with van der Waals surface area (Å²) in [5, 5.41) is 19.1. The molecule has 0 bridgehead atoms. The first-order valence-electron chi connectivity index (χ1n) is 4.68. The second-order valence-corrected chi connectivity index (χ2v) is 3.10. The molecule has 0 spiro atoms. The molecule has 0 saturated carbocycles. The first-order chi connectivity index (χ1) is 7.54. The highest BCUT2D eigenvalue weighted by atomic mass is 16.6. The maximum Gasteiger partial charge on any atom is 0.344 e. The predicted octanol–water partition coefficient (Wildman–Crippen LogP) is 1.84. The molecule has 0 unspecified atom stereocenters. The zero-order valence-electron chi connectivity index (χ0n) is 8.62. The van der Waals surface area contributed by atoms with Gasteiger partial charge in [-0.3, -0.25) is 10.1 Å². The number of non-ortho nitro benzene ring substituents is 1. The van der Waals surface area contributed by atoms with Gasteiger partial charge >= 0.3 is 5.97 Å². The molecule has 86 valence electrons. The van der Waals surface area contributed by atoms with Crippen molar-refractivity contribution < 1.29 is 19.6 Å². The second kappa shape index (κ2) is 5.11. The lowest BCUT2D eigenvalue weighted by Gasteiger charge is -2.12. The van der Waals surface area contributed by atoms with Gasteiger partial charge in [0.2, 0.25) is 0 Å². The van der Waals surface area contributed by atoms with Gasteiger partial charge in [-0.2, -0.15) is 0 Å². The summed E-state index contributed by atoms with van der Waals surface area (Å²) in [7, 11) is 0. The van der Waals surface area contributed by atoms with Gasteiger partial charge in [-0.15, -0.1) is 0 Å². The summed E-state index contributed by atoms with van der Waals surface area (Å²) in [6, 6.07) is 5.29. The zero-order chi connectivity index (χ0) is 12.1. The highest BCUT2D eigenvalue weighted by molar-refractivity contribution is 5.72. The van der Waals surface area contributed by atoms with E-state index in [1.807, 2.05) is 0 Å². The average molecular weight is 225 g/mol. The van der Waals surface area contributed by atoms with Crippen LogP contribution >= 0.6 is 0 Å². The minimum Gasteiger partial charge on any atom is -0.479 e. The molecule has 0 aromatic heterocycles. The number of nitro benzene ring substituents is 1. The van der Waals surface area contributed by atoms with Crippen molar-refractivity contribution in [2.24, 2.45) is 0 Å². The number of hydrogen-bond donors (Lipinski definition) is 1. The van der Waals surface area contributed by atoms with E-state index in [-0.39, 0.29) is 5.69 Å². The average Bonchev–Trinajstić information content (AvgIpc) is 2.26. The molecule has 0 aliphatic rings. The number of hydrogen-bond acceptors (Lipinski definition) is 4. The Kier molecular flexibility index (Phi) is 3.82. The summed E-state index contributed by atoms with van der Waals surface area (Å²) in [6.45, 7) is 1.68. The molecule has 6 heteroatoms. The van der Waals surface area contributed by atoms with Crippen LogP contribution in [0.5, 0.6) is 5.75 Å². The van der Waals surface area contributed by atoms with Gasteiger partial charge in [-0.25, -0.2) is 4.79 Å². The summed E-state index contributed by atoms with van der Waals surface area (Å²) in [5.41, 5.74) is -0.0595. The number of ether oxygens (including phenoxy) is 1. The fourth-order valence-corrected chi connectivity index (χ4v) is 1.12. The Morgan fingerprint density at radius 2 is 2.06 bits per heavy atom. The van der Waals surface area contributed by atoms with Gasteiger partial charge in [-0.05, 0) is 18.6 Å². The Hall–Kier alpha value is -2.11. The standard InChI is InChI=1S/C10H11NO5/c1-2-9(10(12)13)16-8-5-3-7(4-6-8)11(14)15/h3-6,9H,2H2,1H3,(H,12,13)/t9-/m0/s1. The Bertz CT molecular complexity index is 387. The van der Waals surface area contributed by atoms with Crippen LogP contribution in [0.4, 0.5) is 5.69 Å². The number of carboxylic acid groups (broad SMARTS) is 1. The highest BCUT2D eigenvalue weighted by Gasteiger charge is 2.16. The number of rotatable bonds is 5. The summed E-state index contributed by atoms with van der Waals surface area (Å²) in [5.74, 6) is -0.749. The third kappa shape index (κ3) is 2.94. The maximum absolute atomic E-state index is 10.7. The van der Waals surface area contributed by atoms with Crippen molar-refractivity contribution in [2.75, 3.05) is 0 Å². The maximum atomic E-state index is 10.7. The lowest BCUT2D eigenvalue weighted by atomic mass is 10.2. The highest BCUT2D eigenvalue weighted by Crippen LogP contribution is 2.19. The molecule has 0 radical (unpaired) electrons. The third-order valence-electron chi connectivity index (χ3n) is 1.97. The van der Waals surface area contributed by atoms with Crippen molar-refractivity contribution in [3.05, 3.63) is 34.4 Å². The SMILES string of the molecule is CC[C@H](Oc1ccc([N+](=O)[O-])cc1)C(=O)O. The topological polar surface area (TPSA) is 89.7 Å². The summed E-state index contributed by atoms with van der Waals surface area (Å²) >= 11 is 0. The summed E-state index contributed by atoms with van der Waals surface area (Å²) in [6.07, 6.45) is -0.603. The Morgan fingerprint density at radius 3 is 2.44 bits per heavy atom. The summed E-state index contributed by atoms with van der Waals surface area (Å²) < 4.78 is 5.14. The van der Waals surface area contributed by atoms with Crippen molar-refractivity contribution in [1.82, 2.24) is 0 Å². The molecule has 1 aromatic rings. The van der Waals surface area contributed by atoms with Crippen molar-refractivity contribution in [3.63, 3.8) is 0 Å². The smallest absolute Gasteiger partial charge is 0.344 e. The van der Waals surface area contributed by atoms with E-state index in [2.05, 4.69) is 0 Å². The van der Waals surface area contributed by atoms with E-state index in [4.69, 9.17) is 9.84 Å². The molecule has 0 saturated heterocycles. The van der Waals surface area contributed by atoms with Gasteiger partial charge < -0.3 is 9.84 Å². The monoisotopic (exact) mass is 225 g/mol. The van der Waals surface area contributed by atoms with Crippen LogP contribution in [0.25, 0.3) is 0 Å². The second-order valence-electron chi connectivity index (χ2n) is 3.10. The van der Waals surface area contributed by atoms with Crippen LogP contribution in [-0.2, 0) is 4.79 Å². The van der Waals surface area contributed by atoms with Gasteiger partial charge in [-0.1, -0.05) is 6.92 Å². The number of carbonyl (C=O) groups is 1. The predicted molar refractivity (Wildman–Crippen MR) is 55.4 cm³/mol. The Morgan fingerprint density at radius 1 is 1.50 bits per heavy atom. The molecular formula is C10H11NO5. The van der Waals surface area contributed by atoms with Crippen molar-refractivity contribution >= 4 is 11.7 Å². The first kappa shape index (κ1) is 12.0. The molecular weight excluding hydrogens is 214 g/mol. The van der Waals surface area contributed by atoms with Crippen molar-refractivity contribution in [2.45, 2.75) is 19.4 Å². The molecule has 16 heavy (non-hydrogen) atoms. The molecule has 0 aliphatic carbocycles. The molecule has 1 aromatic carbocycles. The fourth-order valence-electron chi connectivity index (χ4n) is 1.12. The van der Waals surface area contributed by atoms with Gasteiger partial charge in [0.15, 0.2) is 6.10 Å². The number of aliphatic carboxylic acids is 1. The lowest BCUT2D eigenvalue weighted by molar-refractivity contribution is -0.384. The van der Waals surface area contributed by atoms with Crippen LogP contribution in [-0.4, -0.2) is 22.1 Å². The van der Waals surface area contributed by atoms with E-state index in [0.29, 0.717) is 12.2 Å². The molecule has 1 rings (SSSR count). The van der Waals surface area contributed by atoms with Gasteiger partial charge in [0.25, 0.3) is 5.69 Å². The molecule has 1 N–H and O–H groups in total. The van der Waals surface area contributed by atoms with Gasteiger partial charge in [0.1, 0.15) is 5.75 Å². The quantitative estimate of drug-likeness (QED) is 0.609. The minimum absolute atomic E-state index is 0.0595. The number of nitro groups is 1. The Labute approximate surface area is 91.6 Å². The number of carboxylic acids is 1. The largest absolute Gasteiger partial charge is 0.479 e.